The Kier molecular flexibility index (Phi) is 3.85. The van der Waals surface area contributed by atoms with Crippen molar-refractivity contribution >= 4 is 9.84 Å². The third-order valence-corrected chi connectivity index (χ3v) is 3.72. The molecule has 0 amide bonds. The van der Waals surface area contributed by atoms with Crippen molar-refractivity contribution in [2.45, 2.75) is 11.8 Å². The number of sulfone groups is 1. The van der Waals surface area contributed by atoms with Crippen molar-refractivity contribution in [2.24, 2.45) is 0 Å². The van der Waals surface area contributed by atoms with Gasteiger partial charge < -0.3 is 4.74 Å². The monoisotopic (exact) mass is 277 g/mol. The Balaban J connectivity index is 2.36. The molecule has 19 heavy (non-hydrogen) atoms. The summed E-state index contributed by atoms with van der Waals surface area (Å²) in [5, 5.41) is 0. The van der Waals surface area contributed by atoms with Crippen LogP contribution >= 0.6 is 0 Å². The summed E-state index contributed by atoms with van der Waals surface area (Å²) in [5.74, 6) is 0.700. The van der Waals surface area contributed by atoms with Gasteiger partial charge in [-0.05, 0) is 31.2 Å². The van der Waals surface area contributed by atoms with Crippen LogP contribution in [-0.4, -0.2) is 26.3 Å². The van der Waals surface area contributed by atoms with Gasteiger partial charge in [0.25, 0.3) is 0 Å². The zero-order valence-electron chi connectivity index (χ0n) is 10.8. The highest BCUT2D eigenvalue weighted by Crippen LogP contribution is 2.22. The SMILES string of the molecule is CCOc1ccc(-c2cccc(S(C)(=O)=O)c2)nc1. The summed E-state index contributed by atoms with van der Waals surface area (Å²) in [6, 6.07) is 10.4. The van der Waals surface area contributed by atoms with Crippen LogP contribution in [-0.2, 0) is 9.84 Å². The maximum atomic E-state index is 11.5. The number of benzene rings is 1. The third-order valence-electron chi connectivity index (χ3n) is 2.61. The maximum absolute atomic E-state index is 11.5. The molecule has 0 fully saturated rings. The lowest BCUT2D eigenvalue weighted by Crippen LogP contribution is -1.97. The van der Waals surface area contributed by atoms with E-state index in [1.165, 1.54) is 6.26 Å². The Morgan fingerprint density at radius 3 is 2.58 bits per heavy atom. The molecule has 2 aromatic rings. The molecule has 1 aromatic carbocycles. The minimum absolute atomic E-state index is 0.292. The summed E-state index contributed by atoms with van der Waals surface area (Å²) in [4.78, 5) is 4.56. The second kappa shape index (κ2) is 5.40. The second-order valence-corrected chi connectivity index (χ2v) is 6.13. The summed E-state index contributed by atoms with van der Waals surface area (Å²) in [6.45, 7) is 2.49. The average molecular weight is 277 g/mol. The number of nitrogens with zero attached hydrogens (tertiary/aromatic N) is 1. The van der Waals surface area contributed by atoms with Gasteiger partial charge >= 0.3 is 0 Å². The van der Waals surface area contributed by atoms with Crippen LogP contribution in [0.4, 0.5) is 0 Å². The minimum atomic E-state index is -3.20. The summed E-state index contributed by atoms with van der Waals surface area (Å²) in [7, 11) is -3.20. The minimum Gasteiger partial charge on any atom is -0.492 e. The third kappa shape index (κ3) is 3.32. The van der Waals surface area contributed by atoms with Crippen LogP contribution in [0.2, 0.25) is 0 Å². The molecule has 0 aliphatic heterocycles. The summed E-state index contributed by atoms with van der Waals surface area (Å²) in [6.07, 6.45) is 2.82. The van der Waals surface area contributed by atoms with E-state index in [2.05, 4.69) is 4.98 Å². The topological polar surface area (TPSA) is 56.3 Å². The van der Waals surface area contributed by atoms with Crippen LogP contribution in [0.25, 0.3) is 11.3 Å². The van der Waals surface area contributed by atoms with Crippen LogP contribution in [0.5, 0.6) is 5.75 Å². The van der Waals surface area contributed by atoms with Crippen molar-refractivity contribution in [3.05, 3.63) is 42.6 Å². The molecule has 0 atom stereocenters. The maximum Gasteiger partial charge on any atom is 0.175 e. The van der Waals surface area contributed by atoms with Crippen LogP contribution in [0, 0.1) is 0 Å². The van der Waals surface area contributed by atoms with Crippen LogP contribution in [0.1, 0.15) is 6.92 Å². The molecule has 5 heteroatoms. The van der Waals surface area contributed by atoms with E-state index in [4.69, 9.17) is 4.74 Å². The van der Waals surface area contributed by atoms with Gasteiger partial charge in [-0.15, -0.1) is 0 Å². The second-order valence-electron chi connectivity index (χ2n) is 4.11. The molecule has 0 aliphatic carbocycles. The summed E-state index contributed by atoms with van der Waals surface area (Å²) in [5.41, 5.74) is 1.49. The molecule has 0 radical (unpaired) electrons. The van der Waals surface area contributed by atoms with Gasteiger partial charge in [-0.1, -0.05) is 12.1 Å². The molecule has 0 bridgehead atoms. The van der Waals surface area contributed by atoms with Crippen molar-refractivity contribution in [1.29, 1.82) is 0 Å². The van der Waals surface area contributed by atoms with Crippen LogP contribution < -0.4 is 4.74 Å². The van der Waals surface area contributed by atoms with Gasteiger partial charge in [-0.25, -0.2) is 8.42 Å². The molecule has 0 saturated heterocycles. The first kappa shape index (κ1) is 13.5. The van der Waals surface area contributed by atoms with Gasteiger partial charge in [0.2, 0.25) is 0 Å². The van der Waals surface area contributed by atoms with Gasteiger partial charge in [0.05, 0.1) is 23.4 Å². The first-order valence-electron chi connectivity index (χ1n) is 5.90. The Bertz CT molecular complexity index is 663. The van der Waals surface area contributed by atoms with Gasteiger partial charge in [0, 0.05) is 11.8 Å². The van der Waals surface area contributed by atoms with E-state index in [1.54, 1.807) is 24.4 Å². The van der Waals surface area contributed by atoms with E-state index < -0.39 is 9.84 Å². The zero-order chi connectivity index (χ0) is 13.9. The van der Waals surface area contributed by atoms with E-state index in [1.807, 2.05) is 25.1 Å². The first-order chi connectivity index (χ1) is 9.00. The number of hydrogen-bond donors (Lipinski definition) is 0. The normalized spacial score (nSPS) is 11.3. The van der Waals surface area contributed by atoms with Gasteiger partial charge in [-0.2, -0.15) is 0 Å². The number of ether oxygens (including phenoxy) is 1. The van der Waals surface area contributed by atoms with E-state index in [9.17, 15) is 8.42 Å². The van der Waals surface area contributed by atoms with E-state index in [-0.39, 0.29) is 0 Å². The van der Waals surface area contributed by atoms with Gasteiger partial charge in [0.1, 0.15) is 5.75 Å². The highest BCUT2D eigenvalue weighted by Gasteiger charge is 2.08. The standard InChI is InChI=1S/C14H15NO3S/c1-3-18-12-7-8-14(15-10-12)11-5-4-6-13(9-11)19(2,16)17/h4-10H,3H2,1-2H3. The quantitative estimate of drug-likeness (QED) is 0.861. The Hall–Kier alpha value is -1.88. The van der Waals surface area contributed by atoms with Crippen molar-refractivity contribution in [2.75, 3.05) is 12.9 Å². The fraction of sp³-hybridized carbons (Fsp3) is 0.214. The first-order valence-corrected chi connectivity index (χ1v) is 7.79. The largest absolute Gasteiger partial charge is 0.492 e. The molecule has 0 saturated carbocycles. The van der Waals surface area contributed by atoms with Crippen LogP contribution in [0.15, 0.2) is 47.5 Å². The van der Waals surface area contributed by atoms with E-state index >= 15 is 0 Å². The number of hydrogen-bond acceptors (Lipinski definition) is 4. The molecule has 0 unspecified atom stereocenters. The molecule has 2 rings (SSSR count). The average Bonchev–Trinajstić information content (AvgIpc) is 2.39. The molecular formula is C14H15NO3S. The highest BCUT2D eigenvalue weighted by molar-refractivity contribution is 7.90. The molecule has 0 aliphatic rings. The van der Waals surface area contributed by atoms with Crippen molar-refractivity contribution in [3.63, 3.8) is 0 Å². The molecule has 1 heterocycles. The molecule has 0 N–H and O–H groups in total. The lowest BCUT2D eigenvalue weighted by Gasteiger charge is -2.05. The molecule has 4 nitrogen and oxygen atoms in total. The smallest absolute Gasteiger partial charge is 0.175 e. The Labute approximate surface area is 113 Å². The number of rotatable bonds is 4. The Morgan fingerprint density at radius 1 is 1.21 bits per heavy atom. The molecule has 0 spiro atoms. The molecule has 100 valence electrons. The van der Waals surface area contributed by atoms with Crippen molar-refractivity contribution in [3.8, 4) is 17.0 Å². The van der Waals surface area contributed by atoms with E-state index in [0.717, 1.165) is 5.56 Å². The van der Waals surface area contributed by atoms with Crippen LogP contribution in [0.3, 0.4) is 0 Å². The highest BCUT2D eigenvalue weighted by atomic mass is 32.2. The zero-order valence-corrected chi connectivity index (χ0v) is 11.6. The number of aromatic nitrogens is 1. The fourth-order valence-electron chi connectivity index (χ4n) is 1.69. The lowest BCUT2D eigenvalue weighted by atomic mass is 10.1. The summed E-state index contributed by atoms with van der Waals surface area (Å²) < 4.78 is 28.3. The van der Waals surface area contributed by atoms with Crippen molar-refractivity contribution < 1.29 is 13.2 Å². The van der Waals surface area contributed by atoms with Crippen molar-refractivity contribution in [1.82, 2.24) is 4.98 Å². The molecule has 1 aromatic heterocycles. The summed E-state index contributed by atoms with van der Waals surface area (Å²) >= 11 is 0. The predicted molar refractivity (Wildman–Crippen MR) is 74.0 cm³/mol. The van der Waals surface area contributed by atoms with Gasteiger partial charge in [0.15, 0.2) is 9.84 Å². The Morgan fingerprint density at radius 2 is 2.00 bits per heavy atom. The fourth-order valence-corrected chi connectivity index (χ4v) is 2.36. The van der Waals surface area contributed by atoms with Gasteiger partial charge in [-0.3, -0.25) is 4.98 Å². The number of pyridine rings is 1. The predicted octanol–water partition coefficient (Wildman–Crippen LogP) is 2.55. The lowest BCUT2D eigenvalue weighted by molar-refractivity contribution is 0.339. The van der Waals surface area contributed by atoms with E-state index in [0.29, 0.717) is 22.9 Å². The molecular weight excluding hydrogens is 262 g/mol.